The smallest absolute Gasteiger partial charge is 0.375 e. The average Bonchev–Trinajstić information content (AvgIpc) is 2.88. The summed E-state index contributed by atoms with van der Waals surface area (Å²) >= 11 is 0. The molecule has 0 amide bonds. The molecule has 6 nitrogen and oxygen atoms in total. The molecule has 2 N–H and O–H groups in total. The van der Waals surface area contributed by atoms with Gasteiger partial charge < -0.3 is 5.32 Å². The van der Waals surface area contributed by atoms with Crippen molar-refractivity contribution in [2.45, 2.75) is 12.7 Å². The molecule has 0 aliphatic heterocycles. The largest absolute Gasteiger partial charge is 0.416 e. The minimum Gasteiger partial charge on any atom is -0.375 e. The topological polar surface area (TPSA) is 83.8 Å². The number of alkyl halides is 3. The van der Waals surface area contributed by atoms with Crippen molar-refractivity contribution in [3.8, 4) is 0 Å². The predicted octanol–water partition coefficient (Wildman–Crippen LogP) is 2.95. The second-order valence-corrected chi connectivity index (χ2v) is 3.95. The molecule has 1 aromatic carbocycles. The van der Waals surface area contributed by atoms with Gasteiger partial charge in [0, 0.05) is 24.4 Å². The van der Waals surface area contributed by atoms with E-state index in [1.807, 2.05) is 0 Å². The molecule has 0 bridgehead atoms. The van der Waals surface area contributed by atoms with Crippen LogP contribution in [0.25, 0.3) is 0 Å². The van der Waals surface area contributed by atoms with Crippen molar-refractivity contribution in [2.75, 3.05) is 5.32 Å². The van der Waals surface area contributed by atoms with Crippen molar-refractivity contribution in [3.63, 3.8) is 0 Å². The fourth-order valence-electron chi connectivity index (χ4n) is 1.58. The third kappa shape index (κ3) is 3.05. The Morgan fingerprint density at radius 3 is 2.70 bits per heavy atom. The summed E-state index contributed by atoms with van der Waals surface area (Å²) in [6.07, 6.45) is -1.54. The first kappa shape index (κ1) is 13.8. The molecule has 0 aliphatic carbocycles. The third-order valence-corrected chi connectivity index (χ3v) is 2.56. The van der Waals surface area contributed by atoms with E-state index in [0.717, 1.165) is 17.7 Å². The maximum absolute atomic E-state index is 12.5. The quantitative estimate of drug-likeness (QED) is 0.668. The van der Waals surface area contributed by atoms with Crippen LogP contribution >= 0.6 is 0 Å². The van der Waals surface area contributed by atoms with Gasteiger partial charge in [-0.1, -0.05) is 0 Å². The number of hydrogen-bond donors (Lipinski definition) is 2. The van der Waals surface area contributed by atoms with Crippen molar-refractivity contribution < 1.29 is 18.1 Å². The Hall–Kier alpha value is -2.58. The lowest BCUT2D eigenvalue weighted by molar-refractivity contribution is -0.384. The van der Waals surface area contributed by atoms with Gasteiger partial charge in [-0.05, 0) is 12.1 Å². The molecule has 1 heterocycles. The van der Waals surface area contributed by atoms with Crippen LogP contribution in [0.15, 0.2) is 30.6 Å². The Morgan fingerprint density at radius 2 is 2.15 bits per heavy atom. The van der Waals surface area contributed by atoms with Gasteiger partial charge in [-0.25, -0.2) is 0 Å². The minimum atomic E-state index is -4.62. The fourth-order valence-corrected chi connectivity index (χ4v) is 1.58. The number of benzene rings is 1. The minimum absolute atomic E-state index is 0.0178. The normalized spacial score (nSPS) is 11.3. The second-order valence-electron chi connectivity index (χ2n) is 3.95. The van der Waals surface area contributed by atoms with E-state index in [1.165, 1.54) is 6.20 Å². The van der Waals surface area contributed by atoms with Crippen molar-refractivity contribution in [1.29, 1.82) is 0 Å². The van der Waals surface area contributed by atoms with Crippen LogP contribution in [-0.4, -0.2) is 15.1 Å². The fraction of sp³-hybridized carbons (Fsp3) is 0.182. The van der Waals surface area contributed by atoms with E-state index < -0.39 is 22.4 Å². The number of hydrogen-bond acceptors (Lipinski definition) is 4. The van der Waals surface area contributed by atoms with Crippen LogP contribution in [0.3, 0.4) is 0 Å². The molecular weight excluding hydrogens is 277 g/mol. The van der Waals surface area contributed by atoms with Gasteiger partial charge in [-0.15, -0.1) is 0 Å². The number of nitro benzene ring substituents is 1. The Labute approximate surface area is 110 Å². The Bertz CT molecular complexity index is 611. The highest BCUT2D eigenvalue weighted by Gasteiger charge is 2.32. The van der Waals surface area contributed by atoms with Gasteiger partial charge in [0.1, 0.15) is 5.69 Å². The number of nitrogens with zero attached hydrogens (tertiary/aromatic N) is 2. The van der Waals surface area contributed by atoms with Gasteiger partial charge in [-0.2, -0.15) is 18.3 Å². The summed E-state index contributed by atoms with van der Waals surface area (Å²) in [4.78, 5) is 9.99. The van der Waals surface area contributed by atoms with Crippen molar-refractivity contribution in [1.82, 2.24) is 10.2 Å². The molecule has 0 radical (unpaired) electrons. The monoisotopic (exact) mass is 286 g/mol. The Morgan fingerprint density at radius 1 is 1.40 bits per heavy atom. The summed E-state index contributed by atoms with van der Waals surface area (Å²) in [6.45, 7) is 0.211. The summed E-state index contributed by atoms with van der Waals surface area (Å²) in [6, 6.07) is 2.35. The molecule has 1 aromatic heterocycles. The number of aromatic amines is 1. The van der Waals surface area contributed by atoms with Crippen LogP contribution in [0.5, 0.6) is 0 Å². The highest BCUT2D eigenvalue weighted by atomic mass is 19.4. The Kier molecular flexibility index (Phi) is 3.59. The highest BCUT2D eigenvalue weighted by Crippen LogP contribution is 2.35. The van der Waals surface area contributed by atoms with Crippen LogP contribution < -0.4 is 5.32 Å². The molecule has 2 aromatic rings. The molecule has 106 valence electrons. The van der Waals surface area contributed by atoms with E-state index in [9.17, 15) is 23.3 Å². The van der Waals surface area contributed by atoms with Gasteiger partial charge in [0.25, 0.3) is 5.69 Å². The lowest BCUT2D eigenvalue weighted by Gasteiger charge is -2.10. The van der Waals surface area contributed by atoms with E-state index in [2.05, 4.69) is 15.5 Å². The van der Waals surface area contributed by atoms with E-state index in [4.69, 9.17) is 0 Å². The third-order valence-electron chi connectivity index (χ3n) is 2.56. The summed E-state index contributed by atoms with van der Waals surface area (Å²) in [5.74, 6) is 0. The standard InChI is InChI=1S/C11H9F3N4O2/c12-11(13,14)8-1-2-9(10(3-8)18(19)20)15-4-7-5-16-17-6-7/h1-3,5-6,15H,4H2,(H,16,17). The number of rotatable bonds is 4. The maximum Gasteiger partial charge on any atom is 0.416 e. The molecule has 0 fully saturated rings. The highest BCUT2D eigenvalue weighted by molar-refractivity contribution is 5.63. The number of nitrogens with one attached hydrogen (secondary N) is 2. The number of halogens is 3. The van der Waals surface area contributed by atoms with Crippen LogP contribution in [0.2, 0.25) is 0 Å². The molecule has 0 aliphatic rings. The Balaban J connectivity index is 2.26. The number of nitro groups is 1. The molecule has 0 saturated heterocycles. The lowest BCUT2D eigenvalue weighted by Crippen LogP contribution is -2.08. The number of anilines is 1. The van der Waals surface area contributed by atoms with E-state index in [1.54, 1.807) is 6.20 Å². The first-order valence-corrected chi connectivity index (χ1v) is 5.45. The molecular formula is C11H9F3N4O2. The SMILES string of the molecule is O=[N+]([O-])c1cc(C(F)(F)F)ccc1NCc1cn[nH]c1. The lowest BCUT2D eigenvalue weighted by atomic mass is 10.1. The molecule has 2 rings (SSSR count). The maximum atomic E-state index is 12.5. The summed E-state index contributed by atoms with van der Waals surface area (Å²) < 4.78 is 37.6. The van der Waals surface area contributed by atoms with E-state index >= 15 is 0 Å². The van der Waals surface area contributed by atoms with Gasteiger partial charge in [0.2, 0.25) is 0 Å². The van der Waals surface area contributed by atoms with Crippen LogP contribution in [0.4, 0.5) is 24.5 Å². The van der Waals surface area contributed by atoms with Crippen LogP contribution in [0, 0.1) is 10.1 Å². The van der Waals surface area contributed by atoms with Crippen LogP contribution in [-0.2, 0) is 12.7 Å². The molecule has 0 atom stereocenters. The van der Waals surface area contributed by atoms with E-state index in [0.29, 0.717) is 6.07 Å². The average molecular weight is 286 g/mol. The van der Waals surface area contributed by atoms with Crippen molar-refractivity contribution in [3.05, 3.63) is 51.8 Å². The summed E-state index contributed by atoms with van der Waals surface area (Å²) in [5, 5.41) is 19.8. The molecule has 0 unspecified atom stereocenters. The number of aromatic nitrogens is 2. The summed E-state index contributed by atoms with van der Waals surface area (Å²) in [7, 11) is 0. The van der Waals surface area contributed by atoms with Crippen LogP contribution in [0.1, 0.15) is 11.1 Å². The molecule has 0 saturated carbocycles. The zero-order valence-electron chi connectivity index (χ0n) is 9.94. The molecule has 9 heteroatoms. The van der Waals surface area contributed by atoms with Crippen molar-refractivity contribution in [2.24, 2.45) is 0 Å². The van der Waals surface area contributed by atoms with Gasteiger partial charge in [0.05, 0.1) is 16.7 Å². The predicted molar refractivity (Wildman–Crippen MR) is 64.0 cm³/mol. The second kappa shape index (κ2) is 5.19. The van der Waals surface area contributed by atoms with Gasteiger partial charge in [-0.3, -0.25) is 15.2 Å². The van der Waals surface area contributed by atoms with Crippen molar-refractivity contribution >= 4 is 11.4 Å². The zero-order chi connectivity index (χ0) is 14.8. The number of H-pyrrole nitrogens is 1. The zero-order valence-corrected chi connectivity index (χ0v) is 9.94. The first-order chi connectivity index (χ1) is 9.38. The summed E-state index contributed by atoms with van der Waals surface area (Å²) in [5.41, 5.74) is -0.940. The molecule has 20 heavy (non-hydrogen) atoms. The van der Waals surface area contributed by atoms with E-state index in [-0.39, 0.29) is 12.2 Å². The first-order valence-electron chi connectivity index (χ1n) is 5.45. The molecule has 0 spiro atoms. The van der Waals surface area contributed by atoms with Gasteiger partial charge >= 0.3 is 6.18 Å². The van der Waals surface area contributed by atoms with Gasteiger partial charge in [0.15, 0.2) is 0 Å².